The summed E-state index contributed by atoms with van der Waals surface area (Å²) in [5.74, 6) is 1.60. The molecule has 0 bridgehead atoms. The predicted molar refractivity (Wildman–Crippen MR) is 45.4 cm³/mol. The molecule has 0 aromatic carbocycles. The van der Waals surface area contributed by atoms with Crippen LogP contribution in [0.3, 0.4) is 0 Å². The van der Waals surface area contributed by atoms with Crippen LogP contribution < -0.4 is 5.73 Å². The van der Waals surface area contributed by atoms with E-state index in [1.165, 1.54) is 0 Å². The lowest BCUT2D eigenvalue weighted by Crippen LogP contribution is -2.17. The van der Waals surface area contributed by atoms with Crippen molar-refractivity contribution in [1.82, 2.24) is 10.1 Å². The molecule has 12 heavy (non-hydrogen) atoms. The molecule has 4 heteroatoms. The van der Waals surface area contributed by atoms with Crippen LogP contribution in [0.4, 0.5) is 0 Å². The lowest BCUT2D eigenvalue weighted by atomic mass is 10.1. The van der Waals surface area contributed by atoms with Crippen molar-refractivity contribution in [3.05, 3.63) is 11.7 Å². The molecule has 2 N–H and O–H groups in total. The second-order valence-corrected chi connectivity index (χ2v) is 3.17. The van der Waals surface area contributed by atoms with Gasteiger partial charge in [-0.05, 0) is 5.92 Å². The first kappa shape index (κ1) is 9.19. The molecule has 1 aromatic heterocycles. The Balaban J connectivity index is 2.74. The van der Waals surface area contributed by atoms with Gasteiger partial charge in [0.25, 0.3) is 0 Å². The van der Waals surface area contributed by atoms with Crippen LogP contribution in [0.5, 0.6) is 0 Å². The normalized spacial score (nSPS) is 13.8. The summed E-state index contributed by atoms with van der Waals surface area (Å²) in [6.07, 6.45) is 0.786. The number of rotatable bonds is 3. The molecule has 0 aliphatic heterocycles. The summed E-state index contributed by atoms with van der Waals surface area (Å²) in [4.78, 5) is 4.15. The Morgan fingerprint density at radius 1 is 1.50 bits per heavy atom. The summed E-state index contributed by atoms with van der Waals surface area (Å²) in [7, 11) is 0. The van der Waals surface area contributed by atoms with Gasteiger partial charge in [0, 0.05) is 6.42 Å². The maximum atomic E-state index is 5.81. The van der Waals surface area contributed by atoms with E-state index in [2.05, 4.69) is 10.1 Å². The highest BCUT2D eigenvalue weighted by atomic mass is 16.5. The van der Waals surface area contributed by atoms with Crippen LogP contribution in [0.25, 0.3) is 0 Å². The number of hydrogen-bond donors (Lipinski definition) is 1. The van der Waals surface area contributed by atoms with E-state index in [-0.39, 0.29) is 6.04 Å². The Hall–Kier alpha value is -0.900. The molecule has 1 aromatic rings. The third kappa shape index (κ3) is 1.82. The van der Waals surface area contributed by atoms with Crippen LogP contribution in [0.15, 0.2) is 4.52 Å². The zero-order valence-electron chi connectivity index (χ0n) is 7.74. The van der Waals surface area contributed by atoms with Crippen molar-refractivity contribution in [2.75, 3.05) is 0 Å². The topological polar surface area (TPSA) is 64.9 Å². The quantitative estimate of drug-likeness (QED) is 0.740. The number of nitrogens with two attached hydrogens (primary N) is 1. The van der Waals surface area contributed by atoms with E-state index in [1.54, 1.807) is 0 Å². The minimum Gasteiger partial charge on any atom is -0.338 e. The summed E-state index contributed by atoms with van der Waals surface area (Å²) in [5, 5.41) is 3.77. The van der Waals surface area contributed by atoms with Gasteiger partial charge < -0.3 is 10.3 Å². The van der Waals surface area contributed by atoms with Gasteiger partial charge in [-0.15, -0.1) is 0 Å². The zero-order valence-corrected chi connectivity index (χ0v) is 7.74. The lowest BCUT2D eigenvalue weighted by molar-refractivity contribution is 0.322. The van der Waals surface area contributed by atoms with E-state index in [1.807, 2.05) is 20.8 Å². The molecule has 0 radical (unpaired) electrons. The predicted octanol–water partition coefficient (Wildman–Crippen LogP) is 1.29. The fourth-order valence-electron chi connectivity index (χ4n) is 0.832. The molecule has 0 saturated carbocycles. The van der Waals surface area contributed by atoms with Gasteiger partial charge in [0.1, 0.15) is 0 Å². The molecule has 1 rings (SSSR count). The van der Waals surface area contributed by atoms with Gasteiger partial charge in [-0.2, -0.15) is 4.98 Å². The number of aromatic nitrogens is 2. The third-order valence-electron chi connectivity index (χ3n) is 1.80. The second-order valence-electron chi connectivity index (χ2n) is 3.17. The highest BCUT2D eigenvalue weighted by Gasteiger charge is 2.16. The Labute approximate surface area is 72.1 Å². The summed E-state index contributed by atoms with van der Waals surface area (Å²) >= 11 is 0. The highest BCUT2D eigenvalue weighted by Crippen LogP contribution is 2.16. The van der Waals surface area contributed by atoms with Crippen LogP contribution in [0.1, 0.15) is 38.5 Å². The monoisotopic (exact) mass is 169 g/mol. The number of nitrogens with zero attached hydrogens (tertiary/aromatic N) is 2. The molecular formula is C8H15N3O. The van der Waals surface area contributed by atoms with Gasteiger partial charge in [0.15, 0.2) is 5.82 Å². The molecule has 0 fully saturated rings. The maximum absolute atomic E-state index is 5.81. The molecule has 68 valence electrons. The van der Waals surface area contributed by atoms with E-state index in [9.17, 15) is 0 Å². The molecular weight excluding hydrogens is 154 g/mol. The van der Waals surface area contributed by atoms with Gasteiger partial charge in [-0.1, -0.05) is 25.9 Å². The Morgan fingerprint density at radius 2 is 2.17 bits per heavy atom. The smallest absolute Gasteiger partial charge is 0.243 e. The van der Waals surface area contributed by atoms with Crippen molar-refractivity contribution < 1.29 is 4.52 Å². The van der Waals surface area contributed by atoms with Crippen molar-refractivity contribution in [2.24, 2.45) is 11.7 Å². The minimum absolute atomic E-state index is 0.141. The molecule has 0 saturated heterocycles. The van der Waals surface area contributed by atoms with Gasteiger partial charge in [0.2, 0.25) is 5.89 Å². The Morgan fingerprint density at radius 3 is 2.58 bits per heavy atom. The summed E-state index contributed by atoms with van der Waals surface area (Å²) < 4.78 is 4.99. The van der Waals surface area contributed by atoms with Gasteiger partial charge in [0.05, 0.1) is 6.04 Å². The van der Waals surface area contributed by atoms with Gasteiger partial charge in [-0.3, -0.25) is 0 Å². The molecule has 0 unspecified atom stereocenters. The molecule has 1 heterocycles. The Kier molecular flexibility index (Phi) is 2.81. The molecule has 0 spiro atoms. The van der Waals surface area contributed by atoms with E-state index < -0.39 is 0 Å². The first-order valence-electron chi connectivity index (χ1n) is 4.23. The summed E-state index contributed by atoms with van der Waals surface area (Å²) in [6, 6.07) is -0.141. The molecule has 4 nitrogen and oxygen atoms in total. The first-order valence-corrected chi connectivity index (χ1v) is 4.23. The number of aryl methyl sites for hydroxylation is 1. The van der Waals surface area contributed by atoms with Crippen molar-refractivity contribution in [3.8, 4) is 0 Å². The van der Waals surface area contributed by atoms with E-state index >= 15 is 0 Å². The lowest BCUT2D eigenvalue weighted by Gasteiger charge is -2.08. The van der Waals surface area contributed by atoms with Crippen LogP contribution in [0, 0.1) is 5.92 Å². The van der Waals surface area contributed by atoms with Crippen molar-refractivity contribution in [1.29, 1.82) is 0 Å². The fourth-order valence-corrected chi connectivity index (χ4v) is 0.832. The molecule has 0 aliphatic rings. The van der Waals surface area contributed by atoms with Crippen LogP contribution >= 0.6 is 0 Å². The van der Waals surface area contributed by atoms with Crippen molar-refractivity contribution in [3.63, 3.8) is 0 Å². The SMILES string of the molecule is CCc1noc([C@H](N)C(C)C)n1. The van der Waals surface area contributed by atoms with Crippen molar-refractivity contribution >= 4 is 0 Å². The first-order chi connectivity index (χ1) is 5.65. The fraction of sp³-hybridized carbons (Fsp3) is 0.750. The number of hydrogen-bond acceptors (Lipinski definition) is 4. The summed E-state index contributed by atoms with van der Waals surface area (Å²) in [5.41, 5.74) is 5.81. The van der Waals surface area contributed by atoms with E-state index in [4.69, 9.17) is 10.3 Å². The minimum atomic E-state index is -0.141. The zero-order chi connectivity index (χ0) is 9.14. The third-order valence-corrected chi connectivity index (χ3v) is 1.80. The van der Waals surface area contributed by atoms with Crippen LogP contribution in [-0.4, -0.2) is 10.1 Å². The average molecular weight is 169 g/mol. The maximum Gasteiger partial charge on any atom is 0.243 e. The van der Waals surface area contributed by atoms with Gasteiger partial charge in [-0.25, -0.2) is 0 Å². The molecule has 0 aliphatic carbocycles. The molecule has 0 amide bonds. The molecule has 1 atom stereocenters. The van der Waals surface area contributed by atoms with Crippen molar-refractivity contribution in [2.45, 2.75) is 33.2 Å². The standard InChI is InChI=1S/C8H15N3O/c1-4-6-10-8(12-11-6)7(9)5(2)3/h5,7H,4,9H2,1-3H3/t7-/m1/s1. The van der Waals surface area contributed by atoms with Crippen LogP contribution in [0.2, 0.25) is 0 Å². The highest BCUT2D eigenvalue weighted by molar-refractivity contribution is 4.92. The Bertz CT molecular complexity index is 244. The van der Waals surface area contributed by atoms with Gasteiger partial charge >= 0.3 is 0 Å². The largest absolute Gasteiger partial charge is 0.338 e. The van der Waals surface area contributed by atoms with E-state index in [0.29, 0.717) is 11.8 Å². The average Bonchev–Trinajstić information content (AvgIpc) is 2.50. The van der Waals surface area contributed by atoms with E-state index in [0.717, 1.165) is 12.2 Å². The van der Waals surface area contributed by atoms with Crippen LogP contribution in [-0.2, 0) is 6.42 Å². The second kappa shape index (κ2) is 3.67. The summed E-state index contributed by atoms with van der Waals surface area (Å²) in [6.45, 7) is 6.04.